The van der Waals surface area contributed by atoms with E-state index < -0.39 is 16.3 Å². The molecule has 2 aromatic carbocycles. The van der Waals surface area contributed by atoms with Crippen LogP contribution in [0.15, 0.2) is 53.3 Å². The molecular formula is C23H21ClFN5O4. The third-order valence-corrected chi connectivity index (χ3v) is 6.07. The molecular weight excluding hydrogens is 465 g/mol. The first kappa shape index (κ1) is 23.5. The number of carbonyl (C=O) groups is 1. The molecule has 0 N–H and O–H groups in total. The van der Waals surface area contributed by atoms with Crippen molar-refractivity contribution in [3.05, 3.63) is 96.7 Å². The lowest BCUT2D eigenvalue weighted by molar-refractivity contribution is -0.384. The van der Waals surface area contributed by atoms with E-state index in [4.69, 9.17) is 11.6 Å². The molecule has 0 aliphatic carbocycles. The van der Waals surface area contributed by atoms with Crippen LogP contribution in [0.1, 0.15) is 21.7 Å². The number of nitrogens with zero attached hydrogens (tertiary/aromatic N) is 5. The minimum atomic E-state index is -0.557. The Labute approximate surface area is 199 Å². The molecule has 1 amide bonds. The summed E-state index contributed by atoms with van der Waals surface area (Å²) in [5.74, 6) is -0.939. The van der Waals surface area contributed by atoms with Crippen LogP contribution in [0.5, 0.6) is 0 Å². The van der Waals surface area contributed by atoms with Gasteiger partial charge < -0.3 is 4.90 Å². The molecule has 4 rings (SSSR count). The van der Waals surface area contributed by atoms with Gasteiger partial charge in [-0.25, -0.2) is 9.07 Å². The largest absolute Gasteiger partial charge is 0.335 e. The highest BCUT2D eigenvalue weighted by atomic mass is 35.5. The first-order valence-electron chi connectivity index (χ1n) is 10.6. The van der Waals surface area contributed by atoms with Crippen molar-refractivity contribution in [2.24, 2.45) is 0 Å². The van der Waals surface area contributed by atoms with E-state index >= 15 is 0 Å². The van der Waals surface area contributed by atoms with Crippen molar-refractivity contribution >= 4 is 23.2 Å². The Kier molecular flexibility index (Phi) is 6.71. The molecule has 1 aromatic heterocycles. The first-order valence-corrected chi connectivity index (χ1v) is 10.9. The van der Waals surface area contributed by atoms with Gasteiger partial charge in [0.05, 0.1) is 4.92 Å². The van der Waals surface area contributed by atoms with Crippen LogP contribution in [0.25, 0.3) is 5.69 Å². The molecule has 0 radical (unpaired) electrons. The minimum absolute atomic E-state index is 0.158. The fourth-order valence-corrected chi connectivity index (χ4v) is 4.13. The van der Waals surface area contributed by atoms with E-state index in [1.165, 1.54) is 39.9 Å². The number of aromatic nitrogens is 2. The van der Waals surface area contributed by atoms with Crippen molar-refractivity contribution in [2.45, 2.75) is 13.5 Å². The van der Waals surface area contributed by atoms with Crippen LogP contribution in [0.3, 0.4) is 0 Å². The Morgan fingerprint density at radius 1 is 1.15 bits per heavy atom. The summed E-state index contributed by atoms with van der Waals surface area (Å²) in [5.41, 5.74) is -0.141. The highest BCUT2D eigenvalue weighted by Gasteiger charge is 2.27. The predicted molar refractivity (Wildman–Crippen MR) is 124 cm³/mol. The van der Waals surface area contributed by atoms with Crippen LogP contribution in [0, 0.1) is 22.9 Å². The fraction of sp³-hybridized carbons (Fsp3) is 0.261. The number of aryl methyl sites for hydroxylation is 1. The summed E-state index contributed by atoms with van der Waals surface area (Å²) in [5, 5.41) is 16.0. The average Bonchev–Trinajstić information content (AvgIpc) is 2.82. The minimum Gasteiger partial charge on any atom is -0.335 e. The lowest BCUT2D eigenvalue weighted by Gasteiger charge is -2.34. The standard InChI is InChI=1S/C23H21ClFN5O4/c1-15-13-21(31)22(26-29(15)19-7-2-3-8-20(19)30(33)34)23(32)28-11-9-27(10-12-28)14-16-17(24)5-4-6-18(16)25/h2-8,13H,9-12,14H2,1H3. The Morgan fingerprint density at radius 3 is 2.53 bits per heavy atom. The molecule has 11 heteroatoms. The summed E-state index contributed by atoms with van der Waals surface area (Å²) in [6.07, 6.45) is 0. The Hall–Kier alpha value is -3.63. The van der Waals surface area contributed by atoms with Crippen molar-refractivity contribution in [1.29, 1.82) is 0 Å². The summed E-state index contributed by atoms with van der Waals surface area (Å²) < 4.78 is 15.3. The van der Waals surface area contributed by atoms with E-state index in [0.29, 0.717) is 49.0 Å². The lowest BCUT2D eigenvalue weighted by Crippen LogP contribution is -2.49. The molecule has 0 atom stereocenters. The summed E-state index contributed by atoms with van der Waals surface area (Å²) in [6, 6.07) is 11.7. The molecule has 2 heterocycles. The van der Waals surface area contributed by atoms with E-state index in [-0.39, 0.29) is 22.9 Å². The second-order valence-corrected chi connectivity index (χ2v) is 8.33. The molecule has 3 aromatic rings. The zero-order chi connectivity index (χ0) is 24.4. The molecule has 1 aliphatic rings. The monoisotopic (exact) mass is 485 g/mol. The molecule has 0 unspecified atom stereocenters. The van der Waals surface area contributed by atoms with Gasteiger partial charge in [0.1, 0.15) is 11.5 Å². The van der Waals surface area contributed by atoms with Gasteiger partial charge in [-0.3, -0.25) is 24.6 Å². The number of halogens is 2. The van der Waals surface area contributed by atoms with Crippen LogP contribution >= 0.6 is 11.6 Å². The highest BCUT2D eigenvalue weighted by Crippen LogP contribution is 2.23. The Morgan fingerprint density at radius 2 is 1.85 bits per heavy atom. The summed E-state index contributed by atoms with van der Waals surface area (Å²) >= 11 is 6.12. The number of benzene rings is 2. The highest BCUT2D eigenvalue weighted by molar-refractivity contribution is 6.31. The van der Waals surface area contributed by atoms with E-state index in [1.54, 1.807) is 25.1 Å². The van der Waals surface area contributed by atoms with Crippen molar-refractivity contribution in [3.63, 3.8) is 0 Å². The molecule has 0 bridgehead atoms. The Balaban J connectivity index is 1.54. The average molecular weight is 486 g/mol. The van der Waals surface area contributed by atoms with Crippen molar-refractivity contribution in [2.75, 3.05) is 26.2 Å². The van der Waals surface area contributed by atoms with E-state index in [9.17, 15) is 24.1 Å². The van der Waals surface area contributed by atoms with Gasteiger partial charge in [0.2, 0.25) is 5.43 Å². The third kappa shape index (κ3) is 4.68. The molecule has 34 heavy (non-hydrogen) atoms. The van der Waals surface area contributed by atoms with Gasteiger partial charge >= 0.3 is 0 Å². The number of hydrogen-bond acceptors (Lipinski definition) is 6. The smallest absolute Gasteiger partial charge is 0.294 e. The molecule has 1 fully saturated rings. The summed E-state index contributed by atoms with van der Waals surface area (Å²) in [7, 11) is 0. The van der Waals surface area contributed by atoms with Gasteiger partial charge in [-0.2, -0.15) is 5.10 Å². The number of carbonyl (C=O) groups excluding carboxylic acids is 1. The molecule has 0 spiro atoms. The summed E-state index contributed by atoms with van der Waals surface area (Å²) in [6.45, 7) is 3.44. The van der Waals surface area contributed by atoms with Crippen molar-refractivity contribution in [3.8, 4) is 5.69 Å². The van der Waals surface area contributed by atoms with Gasteiger partial charge in [-0.05, 0) is 25.1 Å². The summed E-state index contributed by atoms with van der Waals surface area (Å²) in [4.78, 5) is 40.1. The van der Waals surface area contributed by atoms with E-state index in [0.717, 1.165) is 0 Å². The SMILES string of the molecule is Cc1cc(=O)c(C(=O)N2CCN(Cc3c(F)cccc3Cl)CC2)nn1-c1ccccc1[N+](=O)[O-]. The second kappa shape index (κ2) is 9.70. The zero-order valence-electron chi connectivity index (χ0n) is 18.3. The Bertz CT molecular complexity index is 1300. The predicted octanol–water partition coefficient (Wildman–Crippen LogP) is 3.20. The maximum Gasteiger partial charge on any atom is 0.294 e. The maximum atomic E-state index is 14.1. The molecule has 9 nitrogen and oxygen atoms in total. The van der Waals surface area contributed by atoms with E-state index in [2.05, 4.69) is 5.10 Å². The van der Waals surface area contributed by atoms with Crippen LogP contribution in [0.2, 0.25) is 5.02 Å². The van der Waals surface area contributed by atoms with Crippen LogP contribution in [-0.2, 0) is 6.54 Å². The first-order chi connectivity index (χ1) is 16.3. The number of amides is 1. The fourth-order valence-electron chi connectivity index (χ4n) is 3.90. The van der Waals surface area contributed by atoms with Crippen LogP contribution < -0.4 is 5.43 Å². The van der Waals surface area contributed by atoms with Gasteiger partial charge in [0.25, 0.3) is 11.6 Å². The third-order valence-electron chi connectivity index (χ3n) is 5.72. The topological polar surface area (TPSA) is 102 Å². The van der Waals surface area contributed by atoms with E-state index in [1.807, 2.05) is 4.90 Å². The number of piperazine rings is 1. The number of rotatable bonds is 5. The number of nitro groups is 1. The van der Waals surface area contributed by atoms with Gasteiger partial charge in [-0.15, -0.1) is 0 Å². The lowest BCUT2D eigenvalue weighted by atomic mass is 10.1. The van der Waals surface area contributed by atoms with Gasteiger partial charge in [-0.1, -0.05) is 29.8 Å². The molecule has 1 saturated heterocycles. The molecule has 176 valence electrons. The van der Waals surface area contributed by atoms with Crippen LogP contribution in [-0.4, -0.2) is 56.6 Å². The number of nitro benzene ring substituents is 1. The van der Waals surface area contributed by atoms with Crippen LogP contribution in [0.4, 0.5) is 10.1 Å². The van der Waals surface area contributed by atoms with Crippen molar-refractivity contribution < 1.29 is 14.1 Å². The van der Waals surface area contributed by atoms with Crippen molar-refractivity contribution in [1.82, 2.24) is 19.6 Å². The normalized spacial score (nSPS) is 14.3. The zero-order valence-corrected chi connectivity index (χ0v) is 19.0. The second-order valence-electron chi connectivity index (χ2n) is 7.92. The van der Waals surface area contributed by atoms with Gasteiger partial charge in [0.15, 0.2) is 5.69 Å². The van der Waals surface area contributed by atoms with Gasteiger partial charge in [0, 0.05) is 61.1 Å². The molecule has 1 aliphatic heterocycles. The maximum absolute atomic E-state index is 14.1. The number of para-hydroxylation sites is 2. The number of hydrogen-bond donors (Lipinski definition) is 0. The molecule has 0 saturated carbocycles. The quantitative estimate of drug-likeness (QED) is 0.406.